The van der Waals surface area contributed by atoms with Gasteiger partial charge in [-0.3, -0.25) is 28.2 Å². The second-order valence-electron chi connectivity index (χ2n) is 32.3. The van der Waals surface area contributed by atoms with E-state index in [1.54, 1.807) is 137 Å². The molecular formula is C88H116N16O24S5. The topological polar surface area (TPSA) is 556 Å². The van der Waals surface area contributed by atoms with Crippen LogP contribution in [0.15, 0.2) is 205 Å². The van der Waals surface area contributed by atoms with E-state index in [9.17, 15) is 75.7 Å². The van der Waals surface area contributed by atoms with Crippen molar-refractivity contribution >= 4 is 92.1 Å². The molecule has 133 heavy (non-hydrogen) atoms. The van der Waals surface area contributed by atoms with Crippen molar-refractivity contribution in [2.75, 3.05) is 75.1 Å². The zero-order valence-electron chi connectivity index (χ0n) is 76.4. The van der Waals surface area contributed by atoms with Gasteiger partial charge in [0.25, 0.3) is 10.1 Å². The third kappa shape index (κ3) is 30.2. The lowest BCUT2D eigenvalue weighted by molar-refractivity contribution is -0.145. The maximum Gasteiger partial charge on any atom is 0.414 e. The van der Waals surface area contributed by atoms with E-state index in [-0.39, 0.29) is 94.3 Å². The lowest BCUT2D eigenvalue weighted by Gasteiger charge is -2.25. The van der Waals surface area contributed by atoms with E-state index < -0.39 is 147 Å². The highest BCUT2D eigenvalue weighted by Gasteiger charge is 2.49. The number of β-amino-alcohol motifs (C(OH)–C–C–N with tert-alkyl or cyclic N) is 1. The number of carbonyl (C=O) groups is 7. The first-order chi connectivity index (χ1) is 62.6. The molecule has 5 saturated heterocycles. The van der Waals surface area contributed by atoms with E-state index in [2.05, 4.69) is 40.7 Å². The van der Waals surface area contributed by atoms with Gasteiger partial charge in [-0.25, -0.2) is 43.3 Å². The molecule has 5 aliphatic heterocycles. The van der Waals surface area contributed by atoms with Gasteiger partial charge in [0.15, 0.2) is 0 Å². The monoisotopic (exact) mass is 1940 g/mol. The summed E-state index contributed by atoms with van der Waals surface area (Å²) in [7, 11) is -11.1. The number of aryl methyl sites for hydroxylation is 5. The van der Waals surface area contributed by atoms with E-state index in [4.69, 9.17) is 45.4 Å². The van der Waals surface area contributed by atoms with E-state index >= 15 is 0 Å². The van der Waals surface area contributed by atoms with Crippen LogP contribution in [-0.4, -0.2) is 269 Å². The molecule has 12 atom stereocenters. The molecular weight excluding hydrogens is 1830 g/mol. The minimum atomic E-state index is -4.13. The third-order valence-corrected chi connectivity index (χ3v) is 30.2. The number of methoxy groups -OCH3 is 2. The fourth-order valence-corrected chi connectivity index (χ4v) is 21.9. The van der Waals surface area contributed by atoms with Crippen molar-refractivity contribution in [3.05, 3.63) is 230 Å². The van der Waals surface area contributed by atoms with Crippen LogP contribution in [0.3, 0.4) is 0 Å². The standard InChI is InChI=1S/C24H30N6O5S.C24H32N4O5S.C20H23NO7S2.C13H16N4O4S.C5H9NO3.C2H6/c1-16-5-11-21(12-6-16)36(33,34)30-15-19(27-28-25)14-22(30)23(31)26-17(2)13-18-7-9-20(10-8-18)35-24(32)29(3)4;1-16-5-11-21(12-6-16)34(31,32)28-15-19(25)14-22(28)23(29)26-17(2)13-18-7-9-20(10-8-18)33-24(30)27(3)4;1-14-4-8-17(9-5-14)29(23,24)21-13-16(12-19(21)20(22)27-3)28-30(25,26)18-10-6-15(2)7-11-18;1-9-3-5-11(6-4-9)22(19,20)17-8-10(15-16-14)7-12(17)13(18)21-2;7-3-1-4(5(8)9)6-2-3;1-2/h5-12,17,19,22H,13-15H2,1-4H3,(H,26,31);5-12,17,19,22H,13-15,25H2,1-4H3,(H,26,29);4-11,16,19H,12-13H2,1-3H3;3-6,10,12H,7-8H2,1-2H3;3-4,6-7H,1-2H2,(H,8,9);1-2H3. The van der Waals surface area contributed by atoms with Gasteiger partial charge in [0.05, 0.1) is 63.0 Å². The predicted octanol–water partition coefficient (Wildman–Crippen LogP) is 8.58. The molecule has 45 heteroatoms. The molecule has 12 rings (SSSR count). The average molecular weight is 1940 g/mol. The number of aliphatic carboxylic acids is 1. The molecule has 7 aromatic rings. The van der Waals surface area contributed by atoms with Crippen LogP contribution in [0, 0.1) is 34.6 Å². The molecule has 722 valence electrons. The Hall–Kier alpha value is -11.5. The van der Waals surface area contributed by atoms with E-state index in [0.29, 0.717) is 37.3 Å². The Morgan fingerprint density at radius 1 is 0.466 bits per heavy atom. The number of aliphatic hydroxyl groups is 1. The highest BCUT2D eigenvalue weighted by molar-refractivity contribution is 7.90. The number of aliphatic hydroxyl groups excluding tert-OH is 1. The van der Waals surface area contributed by atoms with Crippen molar-refractivity contribution < 1.29 is 109 Å². The number of nitrogens with one attached hydrogen (secondary N) is 3. The molecule has 40 nitrogen and oxygen atoms in total. The van der Waals surface area contributed by atoms with Crippen LogP contribution in [-0.2, 0) is 101 Å². The number of hydrogen-bond acceptors (Lipinski definition) is 27. The minimum Gasteiger partial charge on any atom is -0.480 e. The number of carboxylic acids is 1. The van der Waals surface area contributed by atoms with Gasteiger partial charge >= 0.3 is 30.1 Å². The Morgan fingerprint density at radius 3 is 1.08 bits per heavy atom. The summed E-state index contributed by atoms with van der Waals surface area (Å²) in [4.78, 5) is 92.2. The van der Waals surface area contributed by atoms with Crippen molar-refractivity contribution in [2.45, 2.75) is 204 Å². The normalized spacial score (nSPS) is 20.6. The van der Waals surface area contributed by atoms with Crippen LogP contribution in [0.5, 0.6) is 11.5 Å². The Morgan fingerprint density at radius 2 is 0.774 bits per heavy atom. The van der Waals surface area contributed by atoms with E-state index in [1.807, 2.05) is 74.4 Å². The smallest absolute Gasteiger partial charge is 0.414 e. The van der Waals surface area contributed by atoms with Gasteiger partial charge in [-0.15, -0.1) is 0 Å². The third-order valence-electron chi connectivity index (χ3n) is 21.3. The van der Waals surface area contributed by atoms with Crippen molar-refractivity contribution in [1.82, 2.24) is 43.0 Å². The van der Waals surface area contributed by atoms with Crippen LogP contribution in [0.2, 0.25) is 0 Å². The lowest BCUT2D eigenvalue weighted by Crippen LogP contribution is -2.48. The Labute approximate surface area is 776 Å². The molecule has 5 heterocycles. The molecule has 7 aromatic carbocycles. The second kappa shape index (κ2) is 48.9. The number of nitrogens with zero attached hydrogens (tertiary/aromatic N) is 12. The van der Waals surface area contributed by atoms with Gasteiger partial charge in [-0.1, -0.05) is 137 Å². The number of ether oxygens (including phenoxy) is 4. The van der Waals surface area contributed by atoms with Crippen LogP contribution in [0.25, 0.3) is 20.9 Å². The molecule has 0 aliphatic carbocycles. The first-order valence-corrected chi connectivity index (χ1v) is 49.3. The average Bonchev–Trinajstić information content (AvgIpc) is 1.68. The summed E-state index contributed by atoms with van der Waals surface area (Å²) in [5, 5.41) is 32.8. The van der Waals surface area contributed by atoms with Crippen molar-refractivity contribution in [2.24, 2.45) is 16.0 Å². The highest BCUT2D eigenvalue weighted by atomic mass is 32.2. The highest BCUT2D eigenvalue weighted by Crippen LogP contribution is 2.35. The second-order valence-corrected chi connectivity index (χ2v) is 41.4. The summed E-state index contributed by atoms with van der Waals surface area (Å²) < 4.78 is 159. The molecule has 0 spiro atoms. The van der Waals surface area contributed by atoms with Crippen molar-refractivity contribution in [3.8, 4) is 11.5 Å². The van der Waals surface area contributed by atoms with Gasteiger partial charge in [-0.2, -0.15) is 25.6 Å². The van der Waals surface area contributed by atoms with Crippen LogP contribution < -0.4 is 31.2 Å². The van der Waals surface area contributed by atoms with Crippen LogP contribution >= 0.6 is 0 Å². The van der Waals surface area contributed by atoms with Gasteiger partial charge in [0.2, 0.25) is 51.9 Å². The molecule has 5 fully saturated rings. The number of sulfonamides is 4. The van der Waals surface area contributed by atoms with Gasteiger partial charge in [0.1, 0.15) is 41.7 Å². The van der Waals surface area contributed by atoms with E-state index in [0.717, 1.165) is 59.0 Å². The van der Waals surface area contributed by atoms with Gasteiger partial charge < -0.3 is 60.6 Å². The summed E-state index contributed by atoms with van der Waals surface area (Å²) in [5.41, 5.74) is 29.8. The Kier molecular flexibility index (Phi) is 39.9. The molecule has 0 radical (unpaired) electrons. The Bertz CT molecular complexity index is 5870. The first-order valence-electron chi connectivity index (χ1n) is 42.2. The largest absolute Gasteiger partial charge is 0.480 e. The van der Waals surface area contributed by atoms with Crippen molar-refractivity contribution in [3.63, 3.8) is 0 Å². The number of rotatable bonds is 26. The van der Waals surface area contributed by atoms with E-state index in [1.165, 1.54) is 69.7 Å². The van der Waals surface area contributed by atoms with Crippen LogP contribution in [0.1, 0.15) is 98.7 Å². The molecule has 5 aliphatic rings. The Balaban J connectivity index is 0.000000235. The number of esters is 2. The number of azide groups is 2. The zero-order chi connectivity index (χ0) is 98.8. The molecule has 7 N–H and O–H groups in total. The maximum atomic E-state index is 13.3. The van der Waals surface area contributed by atoms with Gasteiger partial charge in [-0.05, 0) is 188 Å². The number of carbonyl (C=O) groups excluding carboxylic acids is 6. The fraction of sp³-hybridized carbons (Fsp3) is 0.443. The summed E-state index contributed by atoms with van der Waals surface area (Å²) in [6, 6.07) is 38.7. The predicted molar refractivity (Wildman–Crippen MR) is 491 cm³/mol. The van der Waals surface area contributed by atoms with Crippen molar-refractivity contribution in [1.29, 1.82) is 0 Å². The first kappa shape index (κ1) is 109. The maximum absolute atomic E-state index is 13.3. The number of nitrogens with two attached hydrogens (primary N) is 1. The zero-order valence-corrected chi connectivity index (χ0v) is 80.5. The lowest BCUT2D eigenvalue weighted by atomic mass is 10.1. The summed E-state index contributed by atoms with van der Waals surface area (Å²) in [6.45, 7) is 17.0. The molecule has 0 bridgehead atoms. The SMILES string of the molecule is CC.COC(=O)C1CC(N=[N+]=[N-])CN1S(=O)(=O)c1ccc(C)cc1.COC(=O)C1CC(OS(=O)(=O)c2ccc(C)cc2)CN1S(=O)(=O)c1ccc(C)cc1.Cc1ccc(S(=O)(=O)N2CC(N)CC2C(=O)NC(C)Cc2ccc(OC(=O)N(C)C)cc2)cc1.Cc1ccc(S(=O)(=O)N2CC(N=[N+]=[N-])CC2C(=O)NC(C)Cc2ccc(OC(=O)N(C)C)cc2)cc1.O=C(O)C1CC(O)CN1. The number of amides is 4. The summed E-state index contributed by atoms with van der Waals surface area (Å²) in [5.74, 6) is -2.31. The number of carboxylic acid groups (broad SMARTS) is 1. The quantitative estimate of drug-likeness (QED) is 0.00971. The molecule has 12 unspecified atom stereocenters. The molecule has 4 amide bonds. The molecule has 0 aromatic heterocycles. The summed E-state index contributed by atoms with van der Waals surface area (Å²) in [6.07, 6.45) is -0.791. The van der Waals surface area contributed by atoms with Crippen LogP contribution in [0.4, 0.5) is 9.59 Å². The fourth-order valence-electron chi connectivity index (χ4n) is 14.3. The molecule has 0 saturated carbocycles. The number of hydrogen-bond donors (Lipinski definition) is 6. The minimum absolute atomic E-state index is 0.00375. The number of benzene rings is 7. The van der Waals surface area contributed by atoms with Gasteiger partial charge in [0, 0.05) is 102 Å². The summed E-state index contributed by atoms with van der Waals surface area (Å²) >= 11 is 0.